The van der Waals surface area contributed by atoms with E-state index in [0.717, 1.165) is 12.8 Å². The van der Waals surface area contributed by atoms with Crippen molar-refractivity contribution in [3.05, 3.63) is 29.8 Å². The van der Waals surface area contributed by atoms with Gasteiger partial charge in [0, 0.05) is 30.9 Å². The van der Waals surface area contributed by atoms with Crippen LogP contribution in [0.2, 0.25) is 0 Å². The molecule has 5 nitrogen and oxygen atoms in total. The largest absolute Gasteiger partial charge is 0.435 e. The van der Waals surface area contributed by atoms with Crippen LogP contribution in [0.5, 0.6) is 5.75 Å². The first-order chi connectivity index (χ1) is 10.9. The number of rotatable bonds is 6. The van der Waals surface area contributed by atoms with Crippen LogP contribution >= 0.6 is 0 Å². The minimum atomic E-state index is -2.91. The van der Waals surface area contributed by atoms with Gasteiger partial charge in [-0.25, -0.2) is 0 Å². The predicted octanol–water partition coefficient (Wildman–Crippen LogP) is 2.13. The van der Waals surface area contributed by atoms with E-state index in [-0.39, 0.29) is 17.2 Å². The van der Waals surface area contributed by atoms with Gasteiger partial charge < -0.3 is 19.7 Å². The van der Waals surface area contributed by atoms with Crippen molar-refractivity contribution in [2.75, 3.05) is 33.9 Å². The van der Waals surface area contributed by atoms with Gasteiger partial charge in [0.1, 0.15) is 5.75 Å². The number of carbonyl (C=O) groups excluding carboxylic acids is 1. The molecule has 0 atom stereocenters. The van der Waals surface area contributed by atoms with Gasteiger partial charge >= 0.3 is 6.61 Å². The van der Waals surface area contributed by atoms with E-state index in [1.165, 1.54) is 18.2 Å². The van der Waals surface area contributed by atoms with Crippen molar-refractivity contribution in [2.45, 2.75) is 25.0 Å². The number of hydrogen-bond acceptors (Lipinski definition) is 4. The van der Waals surface area contributed by atoms with Crippen molar-refractivity contribution in [1.82, 2.24) is 10.2 Å². The first-order valence-electron chi connectivity index (χ1n) is 7.51. The van der Waals surface area contributed by atoms with Gasteiger partial charge in [-0.15, -0.1) is 0 Å². The van der Waals surface area contributed by atoms with E-state index < -0.39 is 6.61 Å². The molecule has 0 aromatic heterocycles. The SMILES string of the molecule is CN(C)C1(CNC(=O)c2cccc(OC(F)F)c2)CCOCC1. The summed E-state index contributed by atoms with van der Waals surface area (Å²) in [5.41, 5.74) is 0.148. The number of nitrogens with one attached hydrogen (secondary N) is 1. The molecule has 0 saturated carbocycles. The summed E-state index contributed by atoms with van der Waals surface area (Å²) in [6.45, 7) is -1.12. The summed E-state index contributed by atoms with van der Waals surface area (Å²) in [4.78, 5) is 14.4. The monoisotopic (exact) mass is 328 g/mol. The lowest BCUT2D eigenvalue weighted by Crippen LogP contribution is -2.55. The highest BCUT2D eigenvalue weighted by atomic mass is 19.3. The number of hydrogen-bond donors (Lipinski definition) is 1. The highest BCUT2D eigenvalue weighted by Crippen LogP contribution is 2.25. The lowest BCUT2D eigenvalue weighted by molar-refractivity contribution is -0.0498. The molecule has 0 radical (unpaired) electrons. The summed E-state index contributed by atoms with van der Waals surface area (Å²) in [7, 11) is 3.96. The van der Waals surface area contributed by atoms with Crippen molar-refractivity contribution >= 4 is 5.91 Å². The summed E-state index contributed by atoms with van der Waals surface area (Å²) >= 11 is 0. The molecule has 1 aliphatic rings. The normalized spacial score (nSPS) is 17.3. The highest BCUT2D eigenvalue weighted by molar-refractivity contribution is 5.94. The molecule has 1 fully saturated rings. The molecule has 7 heteroatoms. The fourth-order valence-electron chi connectivity index (χ4n) is 2.69. The number of alkyl halides is 2. The average Bonchev–Trinajstić information content (AvgIpc) is 2.53. The molecule has 1 saturated heterocycles. The van der Waals surface area contributed by atoms with Crippen molar-refractivity contribution in [3.63, 3.8) is 0 Å². The average molecular weight is 328 g/mol. The molecule has 1 aliphatic heterocycles. The topological polar surface area (TPSA) is 50.8 Å². The fourth-order valence-corrected chi connectivity index (χ4v) is 2.69. The Kier molecular flexibility index (Phi) is 5.90. The quantitative estimate of drug-likeness (QED) is 0.869. The van der Waals surface area contributed by atoms with E-state index in [1.54, 1.807) is 6.07 Å². The zero-order chi connectivity index (χ0) is 16.9. The molecule has 0 aliphatic carbocycles. The molecule has 0 unspecified atom stereocenters. The van der Waals surface area contributed by atoms with Crippen LogP contribution < -0.4 is 10.1 Å². The molecule has 2 rings (SSSR count). The molecule has 1 N–H and O–H groups in total. The molecule has 1 heterocycles. The Labute approximate surface area is 134 Å². The molecule has 0 bridgehead atoms. The Hall–Kier alpha value is -1.73. The summed E-state index contributed by atoms with van der Waals surface area (Å²) in [5.74, 6) is -0.335. The van der Waals surface area contributed by atoms with E-state index in [4.69, 9.17) is 4.74 Å². The molecule has 1 aromatic carbocycles. The Balaban J connectivity index is 2.01. The van der Waals surface area contributed by atoms with Crippen LogP contribution in [-0.4, -0.2) is 56.8 Å². The number of benzene rings is 1. The smallest absolute Gasteiger partial charge is 0.387 e. The van der Waals surface area contributed by atoms with E-state index in [2.05, 4.69) is 15.0 Å². The molecular formula is C16H22F2N2O3. The predicted molar refractivity (Wildman–Crippen MR) is 81.9 cm³/mol. The Morgan fingerprint density at radius 3 is 2.70 bits per heavy atom. The molecule has 1 amide bonds. The Morgan fingerprint density at radius 1 is 1.39 bits per heavy atom. The second-order valence-corrected chi connectivity index (χ2v) is 5.82. The van der Waals surface area contributed by atoms with Crippen LogP contribution in [0.4, 0.5) is 8.78 Å². The van der Waals surface area contributed by atoms with Crippen LogP contribution in [0.1, 0.15) is 23.2 Å². The summed E-state index contributed by atoms with van der Waals surface area (Å²) in [6.07, 6.45) is 1.66. The lowest BCUT2D eigenvalue weighted by Gasteiger charge is -2.42. The Morgan fingerprint density at radius 2 is 2.09 bits per heavy atom. The number of nitrogens with zero attached hydrogens (tertiary/aromatic N) is 1. The zero-order valence-corrected chi connectivity index (χ0v) is 13.4. The van der Waals surface area contributed by atoms with Crippen molar-refractivity contribution in [1.29, 1.82) is 0 Å². The third kappa shape index (κ3) is 4.62. The number of carbonyl (C=O) groups is 1. The van der Waals surface area contributed by atoms with Crippen LogP contribution in [0.25, 0.3) is 0 Å². The van der Waals surface area contributed by atoms with E-state index in [9.17, 15) is 13.6 Å². The van der Waals surface area contributed by atoms with Gasteiger partial charge in [-0.3, -0.25) is 4.79 Å². The van der Waals surface area contributed by atoms with Gasteiger partial charge in [0.05, 0.1) is 0 Å². The van der Waals surface area contributed by atoms with Crippen molar-refractivity contribution in [3.8, 4) is 5.75 Å². The molecule has 0 spiro atoms. The van der Waals surface area contributed by atoms with Crippen LogP contribution in [-0.2, 0) is 4.74 Å². The number of halogens is 2. The van der Waals surface area contributed by atoms with Gasteiger partial charge in [-0.1, -0.05) is 6.07 Å². The fraction of sp³-hybridized carbons (Fsp3) is 0.562. The van der Waals surface area contributed by atoms with Crippen molar-refractivity contribution in [2.24, 2.45) is 0 Å². The standard InChI is InChI=1S/C16H22F2N2O3/c1-20(2)16(6-8-22-9-7-16)11-19-14(21)12-4-3-5-13(10-12)23-15(17)18/h3-5,10,15H,6-9,11H2,1-2H3,(H,19,21). The summed E-state index contributed by atoms with van der Waals surface area (Å²) in [6, 6.07) is 5.79. The number of likely N-dealkylation sites (N-methyl/N-ethyl adjacent to an activating group) is 1. The molecule has 1 aromatic rings. The minimum absolute atomic E-state index is 0.0268. The first kappa shape index (κ1) is 17.6. The third-order valence-corrected chi connectivity index (χ3v) is 4.27. The molecular weight excluding hydrogens is 306 g/mol. The first-order valence-corrected chi connectivity index (χ1v) is 7.51. The van der Waals surface area contributed by atoms with E-state index in [0.29, 0.717) is 25.3 Å². The van der Waals surface area contributed by atoms with Gasteiger partial charge in [0.15, 0.2) is 0 Å². The Bertz CT molecular complexity index is 532. The van der Waals surface area contributed by atoms with Crippen molar-refractivity contribution < 1.29 is 23.0 Å². The highest BCUT2D eigenvalue weighted by Gasteiger charge is 2.35. The number of ether oxygens (including phenoxy) is 2. The zero-order valence-electron chi connectivity index (χ0n) is 13.4. The lowest BCUT2D eigenvalue weighted by atomic mass is 9.88. The number of amides is 1. The molecule has 23 heavy (non-hydrogen) atoms. The second kappa shape index (κ2) is 7.70. The third-order valence-electron chi connectivity index (χ3n) is 4.27. The van der Waals surface area contributed by atoms with Gasteiger partial charge in [-0.2, -0.15) is 8.78 Å². The van der Waals surface area contributed by atoms with Gasteiger partial charge in [0.2, 0.25) is 0 Å². The van der Waals surface area contributed by atoms with Gasteiger partial charge in [-0.05, 0) is 45.1 Å². The maximum atomic E-state index is 12.3. The van der Waals surface area contributed by atoms with Crippen LogP contribution in [0.3, 0.4) is 0 Å². The maximum Gasteiger partial charge on any atom is 0.387 e. The second-order valence-electron chi connectivity index (χ2n) is 5.82. The summed E-state index contributed by atoms with van der Waals surface area (Å²) < 4.78 is 34.2. The van der Waals surface area contributed by atoms with Crippen LogP contribution in [0.15, 0.2) is 24.3 Å². The van der Waals surface area contributed by atoms with E-state index in [1.807, 2.05) is 14.1 Å². The van der Waals surface area contributed by atoms with E-state index >= 15 is 0 Å². The summed E-state index contributed by atoms with van der Waals surface area (Å²) in [5, 5.41) is 2.89. The van der Waals surface area contributed by atoms with Gasteiger partial charge in [0.25, 0.3) is 5.91 Å². The maximum absolute atomic E-state index is 12.3. The molecule has 128 valence electrons. The minimum Gasteiger partial charge on any atom is -0.435 e. The van der Waals surface area contributed by atoms with Crippen LogP contribution in [0, 0.1) is 0 Å².